The topological polar surface area (TPSA) is 70.2 Å². The molecule has 6 heteroatoms. The molecule has 29 heavy (non-hydrogen) atoms. The molecule has 156 valence electrons. The van der Waals surface area contributed by atoms with Crippen molar-refractivity contribution in [3.05, 3.63) is 71.0 Å². The van der Waals surface area contributed by atoms with Gasteiger partial charge in [0.05, 0.1) is 6.04 Å². The Morgan fingerprint density at radius 2 is 1.52 bits per heavy atom. The van der Waals surface area contributed by atoms with Crippen LogP contribution in [0.1, 0.15) is 62.1 Å². The van der Waals surface area contributed by atoms with Crippen molar-refractivity contribution in [3.8, 4) is 0 Å². The Kier molecular flexibility index (Phi) is 7.37. The third-order valence-electron chi connectivity index (χ3n) is 4.43. The summed E-state index contributed by atoms with van der Waals surface area (Å²) in [6, 6.07) is 12.9. The maximum absolute atomic E-state index is 13.3. The van der Waals surface area contributed by atoms with Crippen LogP contribution in [0, 0.1) is 11.2 Å². The van der Waals surface area contributed by atoms with Crippen LogP contribution in [-0.4, -0.2) is 18.0 Å². The Morgan fingerprint density at radius 3 is 2.03 bits per heavy atom. The summed E-state index contributed by atoms with van der Waals surface area (Å²) in [6.07, 6.45) is 0. The number of hydrogen-bond acceptors (Lipinski definition) is 2. The molecule has 0 saturated carbocycles. The molecule has 0 spiro atoms. The fourth-order valence-electron chi connectivity index (χ4n) is 2.94. The summed E-state index contributed by atoms with van der Waals surface area (Å²) < 4.78 is 13.3. The van der Waals surface area contributed by atoms with E-state index in [1.165, 1.54) is 12.1 Å². The number of halogens is 1. The molecule has 1 unspecified atom stereocenters. The summed E-state index contributed by atoms with van der Waals surface area (Å²) in [7, 11) is 0. The van der Waals surface area contributed by atoms with Gasteiger partial charge in [-0.3, -0.25) is 4.79 Å². The summed E-state index contributed by atoms with van der Waals surface area (Å²) in [4.78, 5) is 24.4. The fraction of sp³-hybridized carbons (Fsp3) is 0.391. The fourth-order valence-corrected chi connectivity index (χ4v) is 2.94. The molecule has 0 aliphatic heterocycles. The molecule has 0 saturated heterocycles. The second-order valence-corrected chi connectivity index (χ2v) is 8.50. The first-order valence-corrected chi connectivity index (χ1v) is 9.76. The monoisotopic (exact) mass is 399 g/mol. The van der Waals surface area contributed by atoms with Crippen LogP contribution in [0.2, 0.25) is 0 Å². The quantitative estimate of drug-likeness (QED) is 0.667. The van der Waals surface area contributed by atoms with E-state index in [1.807, 2.05) is 46.8 Å². The average Bonchev–Trinajstić information content (AvgIpc) is 2.64. The van der Waals surface area contributed by atoms with E-state index >= 15 is 0 Å². The highest BCUT2D eigenvalue weighted by Crippen LogP contribution is 2.33. The van der Waals surface area contributed by atoms with Gasteiger partial charge in [0.2, 0.25) is 0 Å². The van der Waals surface area contributed by atoms with Crippen molar-refractivity contribution in [1.82, 2.24) is 16.0 Å². The van der Waals surface area contributed by atoms with Crippen molar-refractivity contribution in [2.45, 2.75) is 53.2 Å². The molecule has 3 N–H and O–H groups in total. The van der Waals surface area contributed by atoms with Crippen LogP contribution in [0.4, 0.5) is 9.18 Å². The molecule has 2 aromatic rings. The van der Waals surface area contributed by atoms with Crippen LogP contribution in [-0.2, 0) is 6.54 Å². The van der Waals surface area contributed by atoms with Gasteiger partial charge in [-0.15, -0.1) is 0 Å². The zero-order valence-corrected chi connectivity index (χ0v) is 17.7. The van der Waals surface area contributed by atoms with E-state index in [0.29, 0.717) is 12.1 Å². The van der Waals surface area contributed by atoms with Crippen LogP contribution in [0.15, 0.2) is 48.5 Å². The highest BCUT2D eigenvalue weighted by molar-refractivity contribution is 5.94. The molecule has 0 aliphatic carbocycles. The molecule has 0 radical (unpaired) electrons. The van der Waals surface area contributed by atoms with E-state index in [0.717, 1.165) is 11.1 Å². The van der Waals surface area contributed by atoms with Crippen LogP contribution >= 0.6 is 0 Å². The maximum Gasteiger partial charge on any atom is 0.315 e. The van der Waals surface area contributed by atoms with E-state index in [4.69, 9.17) is 0 Å². The van der Waals surface area contributed by atoms with Crippen LogP contribution in [0.25, 0.3) is 0 Å². The zero-order chi connectivity index (χ0) is 21.6. The Balaban J connectivity index is 2.04. The molecule has 3 amide bonds. The lowest BCUT2D eigenvalue weighted by molar-refractivity contribution is 0.0901. The minimum absolute atomic E-state index is 0.0675. The highest BCUT2D eigenvalue weighted by Gasteiger charge is 2.28. The molecule has 2 rings (SSSR count). The zero-order valence-electron chi connectivity index (χ0n) is 17.7. The molecule has 0 heterocycles. The Morgan fingerprint density at radius 1 is 0.931 bits per heavy atom. The van der Waals surface area contributed by atoms with Crippen molar-refractivity contribution in [2.24, 2.45) is 5.41 Å². The van der Waals surface area contributed by atoms with Crippen molar-refractivity contribution in [1.29, 1.82) is 0 Å². The first-order valence-electron chi connectivity index (χ1n) is 9.76. The van der Waals surface area contributed by atoms with Crippen molar-refractivity contribution >= 4 is 11.9 Å². The molecular weight excluding hydrogens is 369 g/mol. The van der Waals surface area contributed by atoms with E-state index in [1.54, 1.807) is 24.3 Å². The van der Waals surface area contributed by atoms with Gasteiger partial charge in [-0.2, -0.15) is 0 Å². The van der Waals surface area contributed by atoms with Crippen molar-refractivity contribution < 1.29 is 14.0 Å². The number of carbonyl (C=O) groups is 2. The van der Waals surface area contributed by atoms with Crippen LogP contribution < -0.4 is 16.0 Å². The molecule has 0 aliphatic rings. The van der Waals surface area contributed by atoms with Gasteiger partial charge < -0.3 is 16.0 Å². The minimum atomic E-state index is -0.306. The summed E-state index contributed by atoms with van der Waals surface area (Å²) >= 11 is 0. The van der Waals surface area contributed by atoms with Gasteiger partial charge in [-0.25, -0.2) is 9.18 Å². The van der Waals surface area contributed by atoms with Gasteiger partial charge in [-0.05, 0) is 54.7 Å². The second kappa shape index (κ2) is 9.54. The largest absolute Gasteiger partial charge is 0.345 e. The number of rotatable bonds is 6. The first-order chi connectivity index (χ1) is 13.6. The summed E-state index contributed by atoms with van der Waals surface area (Å²) in [5, 5.41) is 8.59. The molecule has 5 nitrogen and oxygen atoms in total. The number of hydrogen-bond donors (Lipinski definition) is 3. The van der Waals surface area contributed by atoms with E-state index in [-0.39, 0.29) is 35.3 Å². The SMILES string of the molecule is CC(C)NC(=O)NCc1ccc(C(=O)NC(c2ccc(F)cc2)C(C)(C)C)cc1. The normalized spacial score (nSPS) is 12.4. The number of urea groups is 1. The van der Waals surface area contributed by atoms with Gasteiger partial charge >= 0.3 is 6.03 Å². The number of nitrogens with one attached hydrogen (secondary N) is 3. The van der Waals surface area contributed by atoms with Crippen LogP contribution in [0.3, 0.4) is 0 Å². The smallest absolute Gasteiger partial charge is 0.315 e. The van der Waals surface area contributed by atoms with Crippen molar-refractivity contribution in [2.75, 3.05) is 0 Å². The lowest BCUT2D eigenvalue weighted by atomic mass is 9.82. The Bertz CT molecular complexity index is 825. The minimum Gasteiger partial charge on any atom is -0.345 e. The van der Waals surface area contributed by atoms with Gasteiger partial charge in [0.25, 0.3) is 5.91 Å². The lowest BCUT2D eigenvalue weighted by Crippen LogP contribution is -2.39. The molecule has 0 bridgehead atoms. The summed E-state index contributed by atoms with van der Waals surface area (Å²) in [6.45, 7) is 10.2. The summed E-state index contributed by atoms with van der Waals surface area (Å²) in [5.74, 6) is -0.509. The summed E-state index contributed by atoms with van der Waals surface area (Å²) in [5.41, 5.74) is 2.02. The first kappa shape index (κ1) is 22.4. The third kappa shape index (κ3) is 6.89. The second-order valence-electron chi connectivity index (χ2n) is 8.50. The van der Waals surface area contributed by atoms with Gasteiger partial charge in [0, 0.05) is 18.2 Å². The standard InChI is InChI=1S/C23H30FN3O2/c1-15(2)26-22(29)25-14-16-6-8-18(9-7-16)21(28)27-20(23(3,4)5)17-10-12-19(24)13-11-17/h6-13,15,20H,14H2,1-5H3,(H,27,28)(H2,25,26,29). The molecule has 2 aromatic carbocycles. The molecule has 0 fully saturated rings. The van der Waals surface area contributed by atoms with Crippen molar-refractivity contribution in [3.63, 3.8) is 0 Å². The van der Waals surface area contributed by atoms with Crippen LogP contribution in [0.5, 0.6) is 0 Å². The van der Waals surface area contributed by atoms with Gasteiger partial charge in [-0.1, -0.05) is 45.0 Å². The predicted octanol–water partition coefficient (Wildman–Crippen LogP) is 4.55. The number of carbonyl (C=O) groups excluding carboxylic acids is 2. The third-order valence-corrected chi connectivity index (χ3v) is 4.43. The van der Waals surface area contributed by atoms with Gasteiger partial charge in [0.1, 0.15) is 5.82 Å². The van der Waals surface area contributed by atoms with E-state index < -0.39 is 0 Å². The molecular formula is C23H30FN3O2. The molecule has 0 aromatic heterocycles. The average molecular weight is 400 g/mol. The predicted molar refractivity (Wildman–Crippen MR) is 113 cm³/mol. The van der Waals surface area contributed by atoms with Gasteiger partial charge in [0.15, 0.2) is 0 Å². The Labute approximate surface area is 172 Å². The number of benzene rings is 2. The molecule has 1 atom stereocenters. The lowest BCUT2D eigenvalue weighted by Gasteiger charge is -2.32. The highest BCUT2D eigenvalue weighted by atomic mass is 19.1. The van der Waals surface area contributed by atoms with E-state index in [9.17, 15) is 14.0 Å². The Hall–Kier alpha value is -2.89. The number of amides is 3. The van der Waals surface area contributed by atoms with E-state index in [2.05, 4.69) is 16.0 Å². The maximum atomic E-state index is 13.3.